The van der Waals surface area contributed by atoms with Crippen LogP contribution in [0.1, 0.15) is 252 Å². The maximum absolute atomic E-state index is 13.5. The van der Waals surface area contributed by atoms with Gasteiger partial charge >= 0.3 is 5.97 Å². The van der Waals surface area contributed by atoms with Crippen molar-refractivity contribution in [2.75, 3.05) is 40.9 Å². The number of likely N-dealkylation sites (N-methyl/N-ethyl adjacent to an activating group) is 1. The van der Waals surface area contributed by atoms with Crippen molar-refractivity contribution in [2.45, 2.75) is 264 Å². The van der Waals surface area contributed by atoms with Crippen molar-refractivity contribution >= 4 is 19.7 Å². The highest BCUT2D eigenvalue weighted by molar-refractivity contribution is 7.45. The van der Waals surface area contributed by atoms with Gasteiger partial charge in [-0.15, -0.1) is 0 Å². The third-order valence-corrected chi connectivity index (χ3v) is 13.8. The molecule has 0 aromatic heterocycles. The van der Waals surface area contributed by atoms with Crippen molar-refractivity contribution in [1.29, 1.82) is 0 Å². The Kier molecular flexibility index (Phi) is 50.6. The third kappa shape index (κ3) is 53.8. The lowest BCUT2D eigenvalue weighted by Crippen LogP contribution is -2.47. The van der Waals surface area contributed by atoms with Crippen LogP contribution in [0.5, 0.6) is 0 Å². The van der Waals surface area contributed by atoms with Crippen LogP contribution in [-0.2, 0) is 27.9 Å². The molecule has 1 N–H and O–H groups in total. The van der Waals surface area contributed by atoms with E-state index in [4.69, 9.17) is 13.8 Å². The molecule has 1 amide bonds. The number of hydrogen-bond donors (Lipinski definition) is 1. The average Bonchev–Trinajstić information content (AvgIpc) is 3.35. The number of carbonyl (C=O) groups excluding carboxylic acids is 2. The standard InChI is InChI=1S/C63H113N2O7P/c1-7-10-13-16-19-22-25-28-30-31-32-33-34-35-36-38-41-44-47-50-53-56-63(67)72-61(54-51-48-45-42-39-27-24-21-18-15-12-9-3)60(59-71-73(68,69)70-58-57-65(4,5)6)64-62(66)55-52-49-46-43-40-37-29-26-23-20-17-14-11-8-2/h10,13,19,22,28,30,32-33,35-37,40,51,54,60-61H,7-9,11-12,14-18,20-21,23-27,29,31,34,38-39,41-50,52-53,55-59H2,1-6H3,(H-,64,66,68,69)/b13-10-,22-19-,30-28-,33-32-,36-35-,40-37-,54-51-. The third-order valence-electron chi connectivity index (χ3n) is 12.8. The number of nitrogens with zero attached hydrogens (tertiary/aromatic N) is 1. The molecule has 0 bridgehead atoms. The Morgan fingerprint density at radius 3 is 1.34 bits per heavy atom. The maximum atomic E-state index is 13.5. The van der Waals surface area contributed by atoms with Gasteiger partial charge in [0.05, 0.1) is 33.8 Å². The lowest BCUT2D eigenvalue weighted by atomic mass is 10.0. The molecule has 0 aliphatic carbocycles. The Morgan fingerprint density at radius 2 is 0.877 bits per heavy atom. The Hall–Kier alpha value is -2.81. The topological polar surface area (TPSA) is 114 Å². The minimum Gasteiger partial charge on any atom is -0.756 e. The molecule has 0 fully saturated rings. The molecule has 0 aromatic carbocycles. The zero-order chi connectivity index (χ0) is 53.6. The first-order valence-electron chi connectivity index (χ1n) is 29.9. The lowest BCUT2D eigenvalue weighted by Gasteiger charge is -2.30. The molecular formula is C63H113N2O7P. The number of phosphoric acid groups is 1. The number of esters is 1. The zero-order valence-electron chi connectivity index (χ0n) is 48.1. The molecule has 3 unspecified atom stereocenters. The fourth-order valence-corrected chi connectivity index (χ4v) is 8.91. The molecule has 73 heavy (non-hydrogen) atoms. The molecule has 9 nitrogen and oxygen atoms in total. The number of quaternary nitrogens is 1. The van der Waals surface area contributed by atoms with Gasteiger partial charge in [-0.2, -0.15) is 0 Å². The summed E-state index contributed by atoms with van der Waals surface area (Å²) in [6.45, 7) is 6.69. The van der Waals surface area contributed by atoms with E-state index >= 15 is 0 Å². The van der Waals surface area contributed by atoms with Crippen molar-refractivity contribution in [3.05, 3.63) is 85.1 Å². The van der Waals surface area contributed by atoms with Crippen molar-refractivity contribution in [1.82, 2.24) is 5.32 Å². The van der Waals surface area contributed by atoms with Crippen LogP contribution in [0.25, 0.3) is 0 Å². The highest BCUT2D eigenvalue weighted by Crippen LogP contribution is 2.38. The molecule has 0 heterocycles. The summed E-state index contributed by atoms with van der Waals surface area (Å²) in [6.07, 6.45) is 68.3. The second-order valence-corrected chi connectivity index (χ2v) is 22.5. The minimum absolute atomic E-state index is 0.0316. The van der Waals surface area contributed by atoms with Crippen LogP contribution < -0.4 is 10.2 Å². The van der Waals surface area contributed by atoms with Crippen LogP contribution in [0.2, 0.25) is 0 Å². The van der Waals surface area contributed by atoms with E-state index in [-0.39, 0.29) is 31.3 Å². The fraction of sp³-hybridized carbons (Fsp3) is 0.746. The van der Waals surface area contributed by atoms with Crippen molar-refractivity contribution in [3.8, 4) is 0 Å². The van der Waals surface area contributed by atoms with E-state index in [1.54, 1.807) is 0 Å². The molecule has 0 spiro atoms. The van der Waals surface area contributed by atoms with Crippen molar-refractivity contribution < 1.29 is 37.3 Å². The van der Waals surface area contributed by atoms with Gasteiger partial charge in [-0.25, -0.2) is 0 Å². The lowest BCUT2D eigenvalue weighted by molar-refractivity contribution is -0.870. The van der Waals surface area contributed by atoms with Gasteiger partial charge in [0.15, 0.2) is 0 Å². The van der Waals surface area contributed by atoms with Crippen LogP contribution in [0.4, 0.5) is 0 Å². The molecule has 0 radical (unpaired) electrons. The number of amides is 1. The summed E-state index contributed by atoms with van der Waals surface area (Å²) in [5, 5.41) is 3.01. The molecule has 422 valence electrons. The number of rotatable bonds is 53. The molecular weight excluding hydrogens is 928 g/mol. The van der Waals surface area contributed by atoms with E-state index in [1.165, 1.54) is 96.3 Å². The smallest absolute Gasteiger partial charge is 0.306 e. The van der Waals surface area contributed by atoms with Gasteiger partial charge in [-0.1, -0.05) is 222 Å². The first-order chi connectivity index (χ1) is 35.4. The van der Waals surface area contributed by atoms with Crippen LogP contribution in [0.3, 0.4) is 0 Å². The summed E-state index contributed by atoms with van der Waals surface area (Å²) < 4.78 is 30.2. The predicted molar refractivity (Wildman–Crippen MR) is 311 cm³/mol. The molecule has 0 aromatic rings. The van der Waals surface area contributed by atoms with Gasteiger partial charge < -0.3 is 28.5 Å². The minimum atomic E-state index is -4.71. The van der Waals surface area contributed by atoms with Crippen molar-refractivity contribution in [3.63, 3.8) is 0 Å². The Bertz CT molecular complexity index is 1530. The average molecular weight is 1040 g/mol. The predicted octanol–water partition coefficient (Wildman–Crippen LogP) is 17.6. The van der Waals surface area contributed by atoms with Gasteiger partial charge in [0.1, 0.15) is 19.3 Å². The normalized spacial score (nSPS) is 14.3. The van der Waals surface area contributed by atoms with Gasteiger partial charge in [0.2, 0.25) is 5.91 Å². The second-order valence-electron chi connectivity index (χ2n) is 21.1. The van der Waals surface area contributed by atoms with E-state index in [1.807, 2.05) is 33.3 Å². The van der Waals surface area contributed by atoms with Gasteiger partial charge in [0, 0.05) is 12.8 Å². The van der Waals surface area contributed by atoms with E-state index in [9.17, 15) is 19.0 Å². The van der Waals surface area contributed by atoms with E-state index in [0.29, 0.717) is 23.9 Å². The maximum Gasteiger partial charge on any atom is 0.306 e. The highest BCUT2D eigenvalue weighted by Gasteiger charge is 2.27. The van der Waals surface area contributed by atoms with Crippen LogP contribution in [0.15, 0.2) is 85.1 Å². The first-order valence-corrected chi connectivity index (χ1v) is 31.4. The monoisotopic (exact) mass is 1040 g/mol. The molecule has 0 saturated heterocycles. The SMILES string of the molecule is CC/C=C\C/C=C\C/C=C\C/C=C\C/C=C\CCCCCCCC(=O)OC(/C=C\CCCCCCCCCCCC)C(COP(=O)([O-])OCC[N+](C)(C)C)NC(=O)CCCCC/C=C\CCCCCCCCC. The molecule has 10 heteroatoms. The number of unbranched alkanes of at least 4 members (excludes halogenated alkanes) is 25. The molecule has 3 atom stereocenters. The Morgan fingerprint density at radius 1 is 0.493 bits per heavy atom. The van der Waals surface area contributed by atoms with Crippen LogP contribution in [-0.4, -0.2) is 69.4 Å². The van der Waals surface area contributed by atoms with Gasteiger partial charge in [0.25, 0.3) is 7.82 Å². The van der Waals surface area contributed by atoms with Crippen molar-refractivity contribution in [2.24, 2.45) is 0 Å². The Balaban J connectivity index is 5.34. The summed E-state index contributed by atoms with van der Waals surface area (Å²) >= 11 is 0. The van der Waals surface area contributed by atoms with E-state index in [2.05, 4.69) is 99.0 Å². The van der Waals surface area contributed by atoms with E-state index < -0.39 is 26.6 Å². The summed E-state index contributed by atoms with van der Waals surface area (Å²) in [7, 11) is 1.16. The van der Waals surface area contributed by atoms with E-state index in [0.717, 1.165) is 109 Å². The largest absolute Gasteiger partial charge is 0.756 e. The number of carbonyl (C=O) groups is 2. The first kappa shape index (κ1) is 70.2. The number of phosphoric ester groups is 1. The number of nitrogens with one attached hydrogen (secondary N) is 1. The number of ether oxygens (including phenoxy) is 1. The van der Waals surface area contributed by atoms with Crippen LogP contribution in [0, 0.1) is 0 Å². The van der Waals surface area contributed by atoms with Crippen LogP contribution >= 0.6 is 7.82 Å². The Labute approximate surface area is 450 Å². The summed E-state index contributed by atoms with van der Waals surface area (Å²) in [6, 6.07) is -0.907. The zero-order valence-corrected chi connectivity index (χ0v) is 49.0. The highest BCUT2D eigenvalue weighted by atomic mass is 31.2. The number of hydrogen-bond acceptors (Lipinski definition) is 7. The molecule has 0 saturated carbocycles. The summed E-state index contributed by atoms with van der Waals surface area (Å²) in [5.41, 5.74) is 0. The second kappa shape index (κ2) is 52.6. The van der Waals surface area contributed by atoms with Gasteiger partial charge in [-0.05, 0) is 102 Å². The summed E-state index contributed by atoms with van der Waals surface area (Å²) in [5.74, 6) is -0.584. The molecule has 0 aliphatic heterocycles. The number of allylic oxidation sites excluding steroid dienone is 13. The quantitative estimate of drug-likeness (QED) is 0.0212. The molecule has 0 aliphatic rings. The fourth-order valence-electron chi connectivity index (χ4n) is 8.19. The molecule has 0 rings (SSSR count). The van der Waals surface area contributed by atoms with Gasteiger partial charge in [-0.3, -0.25) is 14.2 Å². The summed E-state index contributed by atoms with van der Waals surface area (Å²) in [4.78, 5) is 39.9.